The number of aliphatic hydroxyl groups is 1. The molecule has 1 aromatic heterocycles. The Labute approximate surface area is 87.0 Å². The van der Waals surface area contributed by atoms with Crippen LogP contribution in [0.5, 0.6) is 0 Å². The number of nitrogens with one attached hydrogen (secondary N) is 1. The molecule has 0 saturated carbocycles. The highest BCUT2D eigenvalue weighted by molar-refractivity contribution is 7.13. The van der Waals surface area contributed by atoms with Gasteiger partial charge in [0.2, 0.25) is 0 Å². The number of hydrogen-bond donors (Lipinski definition) is 2. The highest BCUT2D eigenvalue weighted by Gasteiger charge is 2.11. The van der Waals surface area contributed by atoms with Crippen molar-refractivity contribution < 1.29 is 9.90 Å². The van der Waals surface area contributed by atoms with Crippen LogP contribution < -0.4 is 5.32 Å². The summed E-state index contributed by atoms with van der Waals surface area (Å²) in [4.78, 5) is 16.1. The van der Waals surface area contributed by atoms with E-state index in [4.69, 9.17) is 5.11 Å². The van der Waals surface area contributed by atoms with Crippen molar-refractivity contribution >= 4 is 17.2 Å². The topological polar surface area (TPSA) is 62.2 Å². The van der Waals surface area contributed by atoms with Gasteiger partial charge in [-0.15, -0.1) is 11.3 Å². The Morgan fingerprint density at radius 2 is 2.43 bits per heavy atom. The minimum absolute atomic E-state index is 0.0401. The lowest BCUT2D eigenvalue weighted by Gasteiger charge is -1.99. The SMILES string of the molecule is CC(C)c1ncc(C(=O)NCCO)s1. The fourth-order valence-electron chi connectivity index (χ4n) is 0.916. The van der Waals surface area contributed by atoms with Gasteiger partial charge in [0.05, 0.1) is 17.8 Å². The summed E-state index contributed by atoms with van der Waals surface area (Å²) in [5.41, 5.74) is 0. The van der Waals surface area contributed by atoms with Crippen molar-refractivity contribution in [1.82, 2.24) is 10.3 Å². The summed E-state index contributed by atoms with van der Waals surface area (Å²) in [6.07, 6.45) is 1.58. The predicted molar refractivity (Wildman–Crippen MR) is 55.6 cm³/mol. The molecule has 0 radical (unpaired) electrons. The highest BCUT2D eigenvalue weighted by atomic mass is 32.1. The zero-order valence-corrected chi connectivity index (χ0v) is 9.10. The van der Waals surface area contributed by atoms with Crippen molar-refractivity contribution in [2.45, 2.75) is 19.8 Å². The number of amides is 1. The second-order valence-electron chi connectivity index (χ2n) is 3.20. The molecule has 1 rings (SSSR count). The number of thiazole rings is 1. The first-order valence-corrected chi connectivity index (χ1v) is 5.31. The number of aromatic nitrogens is 1. The Morgan fingerprint density at radius 3 is 2.93 bits per heavy atom. The number of nitrogens with zero attached hydrogens (tertiary/aromatic N) is 1. The van der Waals surface area contributed by atoms with E-state index in [9.17, 15) is 4.79 Å². The number of carbonyl (C=O) groups is 1. The number of aliphatic hydroxyl groups excluding tert-OH is 1. The van der Waals surface area contributed by atoms with Crippen LogP contribution in [-0.2, 0) is 0 Å². The molecule has 14 heavy (non-hydrogen) atoms. The van der Waals surface area contributed by atoms with E-state index in [2.05, 4.69) is 10.3 Å². The van der Waals surface area contributed by atoms with Crippen molar-refractivity contribution in [2.75, 3.05) is 13.2 Å². The molecule has 1 aromatic rings. The van der Waals surface area contributed by atoms with Crippen LogP contribution in [0.1, 0.15) is 34.4 Å². The van der Waals surface area contributed by atoms with Crippen molar-refractivity contribution in [2.24, 2.45) is 0 Å². The van der Waals surface area contributed by atoms with Crippen LogP contribution in [0.15, 0.2) is 6.20 Å². The zero-order valence-electron chi connectivity index (χ0n) is 8.28. The monoisotopic (exact) mass is 214 g/mol. The first-order valence-electron chi connectivity index (χ1n) is 4.50. The lowest BCUT2D eigenvalue weighted by molar-refractivity contribution is 0.0948. The largest absolute Gasteiger partial charge is 0.395 e. The molecule has 0 unspecified atom stereocenters. The van der Waals surface area contributed by atoms with Gasteiger partial charge in [-0.3, -0.25) is 4.79 Å². The summed E-state index contributed by atoms with van der Waals surface area (Å²) in [7, 11) is 0. The molecule has 4 nitrogen and oxygen atoms in total. The molecular weight excluding hydrogens is 200 g/mol. The summed E-state index contributed by atoms with van der Waals surface area (Å²) in [5, 5.41) is 12.1. The molecule has 2 N–H and O–H groups in total. The van der Waals surface area contributed by atoms with Crippen LogP contribution >= 0.6 is 11.3 Å². The van der Waals surface area contributed by atoms with Crippen LogP contribution in [0.25, 0.3) is 0 Å². The maximum absolute atomic E-state index is 11.4. The van der Waals surface area contributed by atoms with Gasteiger partial charge in [0.1, 0.15) is 4.88 Å². The van der Waals surface area contributed by atoms with Gasteiger partial charge in [-0.25, -0.2) is 4.98 Å². The molecule has 5 heteroatoms. The molecule has 0 bridgehead atoms. The van der Waals surface area contributed by atoms with Crippen LogP contribution in [-0.4, -0.2) is 29.1 Å². The van der Waals surface area contributed by atoms with Crippen LogP contribution in [0, 0.1) is 0 Å². The summed E-state index contributed by atoms with van der Waals surface area (Å²) < 4.78 is 0. The quantitative estimate of drug-likeness (QED) is 0.785. The lowest BCUT2D eigenvalue weighted by Crippen LogP contribution is -2.25. The highest BCUT2D eigenvalue weighted by Crippen LogP contribution is 2.20. The molecule has 0 aromatic carbocycles. The third-order valence-electron chi connectivity index (χ3n) is 1.64. The maximum atomic E-state index is 11.4. The van der Waals surface area contributed by atoms with E-state index in [-0.39, 0.29) is 19.1 Å². The molecule has 0 spiro atoms. The summed E-state index contributed by atoms with van der Waals surface area (Å²) >= 11 is 1.39. The van der Waals surface area contributed by atoms with E-state index >= 15 is 0 Å². The maximum Gasteiger partial charge on any atom is 0.263 e. The van der Waals surface area contributed by atoms with Crippen LogP contribution in [0.3, 0.4) is 0 Å². The van der Waals surface area contributed by atoms with Gasteiger partial charge in [-0.05, 0) is 0 Å². The van der Waals surface area contributed by atoms with Gasteiger partial charge < -0.3 is 10.4 Å². The number of carbonyl (C=O) groups excluding carboxylic acids is 1. The van der Waals surface area contributed by atoms with Gasteiger partial charge in [0.25, 0.3) is 5.91 Å². The molecular formula is C9H14N2O2S. The van der Waals surface area contributed by atoms with Gasteiger partial charge in [0.15, 0.2) is 0 Å². The summed E-state index contributed by atoms with van der Waals surface area (Å²) in [5.74, 6) is 0.183. The van der Waals surface area contributed by atoms with E-state index in [1.54, 1.807) is 6.20 Å². The van der Waals surface area contributed by atoms with Crippen molar-refractivity contribution in [3.05, 3.63) is 16.1 Å². The Balaban J connectivity index is 2.62. The Bertz CT molecular complexity index is 310. The van der Waals surface area contributed by atoms with Crippen LogP contribution in [0.4, 0.5) is 0 Å². The number of rotatable bonds is 4. The van der Waals surface area contributed by atoms with E-state index in [0.29, 0.717) is 10.8 Å². The molecule has 0 aliphatic carbocycles. The van der Waals surface area contributed by atoms with E-state index in [1.165, 1.54) is 11.3 Å². The van der Waals surface area contributed by atoms with E-state index in [1.807, 2.05) is 13.8 Å². The summed E-state index contributed by atoms with van der Waals surface area (Å²) in [6, 6.07) is 0. The smallest absolute Gasteiger partial charge is 0.263 e. The van der Waals surface area contributed by atoms with Crippen molar-refractivity contribution in [1.29, 1.82) is 0 Å². The first kappa shape index (κ1) is 11.1. The summed E-state index contributed by atoms with van der Waals surface area (Å²) in [6.45, 7) is 4.32. The minimum atomic E-state index is -0.163. The molecule has 0 aliphatic rings. The zero-order chi connectivity index (χ0) is 10.6. The second kappa shape index (κ2) is 5.07. The fourth-order valence-corrected chi connectivity index (χ4v) is 1.75. The van der Waals surface area contributed by atoms with Gasteiger partial charge in [0, 0.05) is 12.5 Å². The average Bonchev–Trinajstić information content (AvgIpc) is 2.62. The minimum Gasteiger partial charge on any atom is -0.395 e. The van der Waals surface area contributed by atoms with Crippen LogP contribution in [0.2, 0.25) is 0 Å². The van der Waals surface area contributed by atoms with Crippen molar-refractivity contribution in [3.63, 3.8) is 0 Å². The Hall–Kier alpha value is -0.940. The molecule has 78 valence electrons. The molecule has 0 atom stereocenters. The molecule has 0 fully saturated rings. The standard InChI is InChI=1S/C9H14N2O2S/c1-6(2)9-11-5-7(14-9)8(13)10-3-4-12/h5-6,12H,3-4H2,1-2H3,(H,10,13). The Kier molecular flexibility index (Phi) is 4.03. The third-order valence-corrected chi connectivity index (χ3v) is 2.94. The molecule has 1 heterocycles. The molecule has 0 saturated heterocycles. The number of hydrogen-bond acceptors (Lipinski definition) is 4. The normalized spacial score (nSPS) is 10.6. The van der Waals surface area contributed by atoms with E-state index < -0.39 is 0 Å². The van der Waals surface area contributed by atoms with E-state index in [0.717, 1.165) is 5.01 Å². The molecule has 0 aliphatic heterocycles. The lowest BCUT2D eigenvalue weighted by atomic mass is 10.2. The van der Waals surface area contributed by atoms with Gasteiger partial charge in [-0.2, -0.15) is 0 Å². The van der Waals surface area contributed by atoms with Gasteiger partial charge in [-0.1, -0.05) is 13.8 Å². The molecule has 1 amide bonds. The second-order valence-corrected chi connectivity index (χ2v) is 4.26. The Morgan fingerprint density at radius 1 is 1.71 bits per heavy atom. The van der Waals surface area contributed by atoms with Gasteiger partial charge >= 0.3 is 0 Å². The van der Waals surface area contributed by atoms with Crippen molar-refractivity contribution in [3.8, 4) is 0 Å². The predicted octanol–water partition coefficient (Wildman–Crippen LogP) is 0.989. The first-order chi connectivity index (χ1) is 6.65. The third kappa shape index (κ3) is 2.78. The fraction of sp³-hybridized carbons (Fsp3) is 0.556. The average molecular weight is 214 g/mol.